The molecule has 2 heterocycles. The van der Waals surface area contributed by atoms with Gasteiger partial charge in [-0.25, -0.2) is 4.79 Å². The minimum atomic E-state index is -0.505. The Morgan fingerprint density at radius 2 is 2.30 bits per heavy atom. The molecule has 1 saturated heterocycles. The number of amides is 1. The molecule has 1 amide bonds. The van der Waals surface area contributed by atoms with E-state index >= 15 is 0 Å². The molecule has 0 aliphatic carbocycles. The van der Waals surface area contributed by atoms with Gasteiger partial charge in [-0.15, -0.1) is 0 Å². The summed E-state index contributed by atoms with van der Waals surface area (Å²) in [6.07, 6.45) is 5.83. The first-order valence-corrected chi connectivity index (χ1v) is 7.71. The third kappa shape index (κ3) is 3.62. The summed E-state index contributed by atoms with van der Waals surface area (Å²) >= 11 is 3.25. The highest BCUT2D eigenvalue weighted by molar-refractivity contribution is 9.10. The summed E-state index contributed by atoms with van der Waals surface area (Å²) in [6, 6.07) is 1.91. The Balaban J connectivity index is 1.86. The van der Waals surface area contributed by atoms with Crippen LogP contribution in [0.1, 0.15) is 43.1 Å². The molecule has 0 saturated carbocycles. The van der Waals surface area contributed by atoms with Gasteiger partial charge in [0.25, 0.3) is 5.91 Å². The number of nitrogens with zero attached hydrogens (tertiary/aromatic N) is 1. The normalized spacial score (nSPS) is 18.9. The van der Waals surface area contributed by atoms with E-state index in [-0.39, 0.29) is 18.6 Å². The minimum Gasteiger partial charge on any atom is -0.451 e. The van der Waals surface area contributed by atoms with Crippen molar-refractivity contribution in [1.29, 1.82) is 0 Å². The van der Waals surface area contributed by atoms with Gasteiger partial charge in [-0.1, -0.05) is 6.92 Å². The number of carbonyl (C=O) groups is 2. The van der Waals surface area contributed by atoms with Crippen molar-refractivity contribution in [1.82, 2.24) is 9.88 Å². The summed E-state index contributed by atoms with van der Waals surface area (Å²) in [7, 11) is 0. The molecule has 20 heavy (non-hydrogen) atoms. The van der Waals surface area contributed by atoms with Crippen molar-refractivity contribution in [3.63, 3.8) is 0 Å². The van der Waals surface area contributed by atoms with E-state index in [0.29, 0.717) is 5.69 Å². The fourth-order valence-electron chi connectivity index (χ4n) is 2.53. The zero-order valence-electron chi connectivity index (χ0n) is 11.5. The number of hydrogen-bond donors (Lipinski definition) is 1. The Morgan fingerprint density at radius 1 is 1.50 bits per heavy atom. The Bertz CT molecular complexity index is 487. The van der Waals surface area contributed by atoms with Crippen LogP contribution in [0.2, 0.25) is 0 Å². The van der Waals surface area contributed by atoms with E-state index in [9.17, 15) is 9.59 Å². The lowest BCUT2D eigenvalue weighted by Crippen LogP contribution is -2.45. The van der Waals surface area contributed by atoms with E-state index < -0.39 is 5.97 Å². The molecule has 5 nitrogen and oxygen atoms in total. The maximum atomic E-state index is 12.1. The fourth-order valence-corrected chi connectivity index (χ4v) is 2.87. The molecule has 1 N–H and O–H groups in total. The molecule has 2 rings (SSSR count). The molecule has 0 bridgehead atoms. The third-order valence-corrected chi connectivity index (χ3v) is 4.07. The number of hydrogen-bond acceptors (Lipinski definition) is 3. The van der Waals surface area contributed by atoms with Crippen molar-refractivity contribution in [2.24, 2.45) is 0 Å². The summed E-state index contributed by atoms with van der Waals surface area (Å²) in [4.78, 5) is 28.5. The maximum absolute atomic E-state index is 12.1. The summed E-state index contributed by atoms with van der Waals surface area (Å²) in [5.74, 6) is -0.607. The van der Waals surface area contributed by atoms with Crippen LogP contribution < -0.4 is 0 Å². The van der Waals surface area contributed by atoms with E-state index in [1.54, 1.807) is 12.3 Å². The number of H-pyrrole nitrogens is 1. The number of esters is 1. The number of aromatic nitrogens is 1. The molecular formula is C14H19BrN2O3. The van der Waals surface area contributed by atoms with Gasteiger partial charge in [0, 0.05) is 23.3 Å². The van der Waals surface area contributed by atoms with Crippen LogP contribution in [0, 0.1) is 0 Å². The average molecular weight is 343 g/mol. The molecule has 110 valence electrons. The largest absolute Gasteiger partial charge is 0.451 e. The molecule has 1 fully saturated rings. The number of nitrogens with one attached hydrogen (secondary N) is 1. The number of carbonyl (C=O) groups excluding carboxylic acids is 2. The van der Waals surface area contributed by atoms with Crippen LogP contribution in [0.25, 0.3) is 0 Å². The first kappa shape index (κ1) is 15.1. The van der Waals surface area contributed by atoms with Crippen LogP contribution in [-0.2, 0) is 9.53 Å². The second kappa shape index (κ2) is 6.92. The van der Waals surface area contributed by atoms with E-state index in [0.717, 1.165) is 30.3 Å². The molecule has 1 aromatic heterocycles. The smallest absolute Gasteiger partial charge is 0.355 e. The van der Waals surface area contributed by atoms with E-state index in [2.05, 4.69) is 27.8 Å². The van der Waals surface area contributed by atoms with Gasteiger partial charge in [0.15, 0.2) is 6.61 Å². The van der Waals surface area contributed by atoms with Crippen molar-refractivity contribution in [2.75, 3.05) is 13.2 Å². The van der Waals surface area contributed by atoms with Gasteiger partial charge < -0.3 is 14.6 Å². The van der Waals surface area contributed by atoms with Crippen LogP contribution in [-0.4, -0.2) is 41.0 Å². The van der Waals surface area contributed by atoms with E-state index in [1.807, 2.05) is 4.90 Å². The third-order valence-electron chi connectivity index (χ3n) is 3.61. The minimum absolute atomic E-state index is 0.101. The number of piperidine rings is 1. The SMILES string of the molecule is CCC1CCCCN1C(=O)COC(=O)c1cc(Br)c[nH]1. The van der Waals surface area contributed by atoms with Crippen molar-refractivity contribution in [2.45, 2.75) is 38.6 Å². The summed E-state index contributed by atoms with van der Waals surface area (Å²) in [5, 5.41) is 0. The predicted molar refractivity (Wildman–Crippen MR) is 78.4 cm³/mol. The lowest BCUT2D eigenvalue weighted by molar-refractivity contribution is -0.138. The van der Waals surface area contributed by atoms with Crippen LogP contribution in [0.4, 0.5) is 0 Å². The second-order valence-corrected chi connectivity index (χ2v) is 5.87. The Labute approximate surface area is 126 Å². The maximum Gasteiger partial charge on any atom is 0.355 e. The van der Waals surface area contributed by atoms with Gasteiger partial charge in [0.2, 0.25) is 0 Å². The van der Waals surface area contributed by atoms with E-state index in [1.165, 1.54) is 6.42 Å². The fraction of sp³-hybridized carbons (Fsp3) is 0.571. The first-order chi connectivity index (χ1) is 9.61. The van der Waals surface area contributed by atoms with E-state index in [4.69, 9.17) is 4.74 Å². The predicted octanol–water partition coefficient (Wildman–Crippen LogP) is 2.73. The quantitative estimate of drug-likeness (QED) is 0.855. The van der Waals surface area contributed by atoms with Crippen molar-refractivity contribution >= 4 is 27.8 Å². The molecule has 0 radical (unpaired) electrons. The highest BCUT2D eigenvalue weighted by Gasteiger charge is 2.26. The van der Waals surface area contributed by atoms with Crippen LogP contribution in [0.15, 0.2) is 16.7 Å². The Hall–Kier alpha value is -1.30. The highest BCUT2D eigenvalue weighted by atomic mass is 79.9. The van der Waals surface area contributed by atoms with Gasteiger partial charge in [-0.05, 0) is 47.7 Å². The van der Waals surface area contributed by atoms with Crippen molar-refractivity contribution in [3.8, 4) is 0 Å². The number of halogens is 1. The van der Waals surface area contributed by atoms with Gasteiger partial charge in [0.1, 0.15) is 5.69 Å². The standard InChI is InChI=1S/C14H19BrN2O3/c1-2-11-5-3-4-6-17(11)13(18)9-20-14(19)12-7-10(15)8-16-12/h7-8,11,16H,2-6,9H2,1H3. The molecule has 1 unspecified atom stereocenters. The average Bonchev–Trinajstić information content (AvgIpc) is 2.91. The van der Waals surface area contributed by atoms with Gasteiger partial charge in [-0.3, -0.25) is 4.79 Å². The van der Waals surface area contributed by atoms with Gasteiger partial charge in [-0.2, -0.15) is 0 Å². The van der Waals surface area contributed by atoms with Crippen LogP contribution >= 0.6 is 15.9 Å². The lowest BCUT2D eigenvalue weighted by atomic mass is 10.00. The van der Waals surface area contributed by atoms with Crippen molar-refractivity contribution in [3.05, 3.63) is 22.4 Å². The van der Waals surface area contributed by atoms with Crippen LogP contribution in [0.3, 0.4) is 0 Å². The molecule has 1 aliphatic rings. The lowest BCUT2D eigenvalue weighted by Gasteiger charge is -2.35. The summed E-state index contributed by atoms with van der Waals surface area (Å²) in [5.41, 5.74) is 0.343. The summed E-state index contributed by atoms with van der Waals surface area (Å²) < 4.78 is 5.84. The molecule has 0 spiro atoms. The Morgan fingerprint density at radius 3 is 2.95 bits per heavy atom. The van der Waals surface area contributed by atoms with Crippen LogP contribution in [0.5, 0.6) is 0 Å². The highest BCUT2D eigenvalue weighted by Crippen LogP contribution is 2.19. The number of rotatable bonds is 4. The first-order valence-electron chi connectivity index (χ1n) is 6.92. The zero-order chi connectivity index (χ0) is 14.5. The van der Waals surface area contributed by atoms with Gasteiger partial charge >= 0.3 is 5.97 Å². The molecule has 0 aromatic carbocycles. The van der Waals surface area contributed by atoms with Gasteiger partial charge in [0.05, 0.1) is 0 Å². The number of aromatic amines is 1. The number of ether oxygens (including phenoxy) is 1. The second-order valence-electron chi connectivity index (χ2n) is 4.95. The number of likely N-dealkylation sites (tertiary alicyclic amines) is 1. The molecule has 1 atom stereocenters. The molecule has 1 aromatic rings. The summed E-state index contributed by atoms with van der Waals surface area (Å²) in [6.45, 7) is 2.66. The molecular weight excluding hydrogens is 324 g/mol. The monoisotopic (exact) mass is 342 g/mol. The van der Waals surface area contributed by atoms with Crippen molar-refractivity contribution < 1.29 is 14.3 Å². The molecule has 1 aliphatic heterocycles. The molecule has 6 heteroatoms. The topological polar surface area (TPSA) is 62.4 Å². The Kier molecular flexibility index (Phi) is 5.23. The zero-order valence-corrected chi connectivity index (χ0v) is 13.1.